The predicted octanol–water partition coefficient (Wildman–Crippen LogP) is 1.75. The van der Waals surface area contributed by atoms with Crippen molar-refractivity contribution in [1.29, 1.82) is 0 Å². The first-order valence-electron chi connectivity index (χ1n) is 12.0. The number of allylic oxidation sites excluding steroid dienone is 1. The molecule has 4 N–H and O–H groups in total. The van der Waals surface area contributed by atoms with Crippen molar-refractivity contribution in [3.63, 3.8) is 0 Å². The lowest BCUT2D eigenvalue weighted by atomic mass is 9.91. The summed E-state index contributed by atoms with van der Waals surface area (Å²) in [7, 11) is 0. The van der Waals surface area contributed by atoms with Crippen molar-refractivity contribution in [3.05, 3.63) is 41.9 Å². The third-order valence-corrected chi connectivity index (χ3v) is 7.29. The number of aromatic hydroxyl groups is 1. The van der Waals surface area contributed by atoms with Crippen molar-refractivity contribution >= 4 is 17.7 Å². The minimum absolute atomic E-state index is 0.0515. The van der Waals surface area contributed by atoms with Gasteiger partial charge in [0.05, 0.1) is 17.4 Å². The molecule has 0 saturated carbocycles. The van der Waals surface area contributed by atoms with E-state index in [-0.39, 0.29) is 12.3 Å². The Labute approximate surface area is 197 Å². The van der Waals surface area contributed by atoms with Crippen LogP contribution in [0.15, 0.2) is 41.0 Å². The maximum absolute atomic E-state index is 13.9. The van der Waals surface area contributed by atoms with Gasteiger partial charge in [0.15, 0.2) is 23.7 Å². The number of hydrogen-bond acceptors (Lipinski definition) is 9. The van der Waals surface area contributed by atoms with E-state index in [0.29, 0.717) is 23.0 Å². The van der Waals surface area contributed by atoms with Crippen LogP contribution < -0.4 is 20.9 Å². The van der Waals surface area contributed by atoms with Gasteiger partial charge in [-0.1, -0.05) is 6.07 Å². The van der Waals surface area contributed by atoms with E-state index in [9.17, 15) is 9.50 Å². The zero-order valence-corrected chi connectivity index (χ0v) is 18.9. The Morgan fingerprint density at radius 1 is 1.12 bits per heavy atom. The number of piperidine rings is 1. The highest BCUT2D eigenvalue weighted by Gasteiger charge is 2.35. The maximum Gasteiger partial charge on any atom is 0.175 e. The molecular formula is C24H29FN8O. The van der Waals surface area contributed by atoms with Gasteiger partial charge in [-0.15, -0.1) is 10.2 Å². The smallest absolute Gasteiger partial charge is 0.175 e. The van der Waals surface area contributed by atoms with E-state index >= 15 is 0 Å². The van der Waals surface area contributed by atoms with E-state index in [2.05, 4.69) is 48.4 Å². The molecule has 5 heterocycles. The van der Waals surface area contributed by atoms with Crippen molar-refractivity contribution in [2.24, 2.45) is 10.9 Å². The van der Waals surface area contributed by atoms with Crippen molar-refractivity contribution < 1.29 is 9.50 Å². The van der Waals surface area contributed by atoms with Gasteiger partial charge in [0, 0.05) is 44.2 Å². The monoisotopic (exact) mass is 464 g/mol. The molecule has 1 aromatic carbocycles. The van der Waals surface area contributed by atoms with Gasteiger partial charge in [0.2, 0.25) is 0 Å². The van der Waals surface area contributed by atoms with E-state index in [0.717, 1.165) is 57.8 Å². The molecule has 4 aliphatic rings. The predicted molar refractivity (Wildman–Crippen MR) is 129 cm³/mol. The molecule has 9 nitrogen and oxygen atoms in total. The first-order chi connectivity index (χ1) is 16.7. The van der Waals surface area contributed by atoms with Crippen LogP contribution in [0, 0.1) is 11.7 Å². The standard InChI is InChI=1S/C24H29FN8O/c25-19-3-1-2-18(22(19)34)20-10-21-23(31-30-20)27-13-17-14-32(8-9-33(17)21)24-28-11-16(12-29-24)15-4-6-26-7-5-15/h1-3,10-12,15,17,24,26,28,34H,4-9,13-14H2,(H,27,31)/t17-,24?/m0/s1. The van der Waals surface area contributed by atoms with Gasteiger partial charge in [0.25, 0.3) is 0 Å². The summed E-state index contributed by atoms with van der Waals surface area (Å²) in [6.45, 7) is 5.42. The third kappa shape index (κ3) is 3.86. The summed E-state index contributed by atoms with van der Waals surface area (Å²) in [6, 6.07) is 6.57. The van der Waals surface area contributed by atoms with E-state index in [1.807, 2.05) is 6.07 Å². The lowest BCUT2D eigenvalue weighted by Gasteiger charge is -2.47. The molecule has 178 valence electrons. The number of aliphatic imine (C=N–C) groups is 1. The Morgan fingerprint density at radius 3 is 2.82 bits per heavy atom. The molecule has 0 aliphatic carbocycles. The minimum Gasteiger partial charge on any atom is -0.504 e. The zero-order chi connectivity index (χ0) is 23.1. The fraction of sp³-hybridized carbons (Fsp3) is 0.458. The third-order valence-electron chi connectivity index (χ3n) is 7.29. The van der Waals surface area contributed by atoms with Crippen LogP contribution in [0.5, 0.6) is 5.75 Å². The average molecular weight is 465 g/mol. The average Bonchev–Trinajstić information content (AvgIpc) is 2.90. The Balaban J connectivity index is 1.16. The Kier molecular flexibility index (Phi) is 5.54. The second-order valence-electron chi connectivity index (χ2n) is 9.31. The summed E-state index contributed by atoms with van der Waals surface area (Å²) >= 11 is 0. The van der Waals surface area contributed by atoms with Crippen LogP contribution in [-0.4, -0.2) is 78.0 Å². The number of phenolic OH excluding ortho intramolecular Hbond substituents is 1. The van der Waals surface area contributed by atoms with Crippen LogP contribution in [0.2, 0.25) is 0 Å². The van der Waals surface area contributed by atoms with Crippen LogP contribution in [-0.2, 0) is 0 Å². The molecule has 2 saturated heterocycles. The molecule has 2 atom stereocenters. The normalized spacial score (nSPS) is 25.1. The number of piperazine rings is 1. The van der Waals surface area contributed by atoms with Crippen LogP contribution in [0.1, 0.15) is 12.8 Å². The Morgan fingerprint density at radius 2 is 2.00 bits per heavy atom. The van der Waals surface area contributed by atoms with Crippen molar-refractivity contribution in [2.75, 3.05) is 49.5 Å². The van der Waals surface area contributed by atoms with Crippen LogP contribution >= 0.6 is 0 Å². The number of nitrogens with zero attached hydrogens (tertiary/aromatic N) is 5. The number of halogens is 1. The molecule has 0 amide bonds. The second kappa shape index (κ2) is 8.84. The topological polar surface area (TPSA) is 101 Å². The summed E-state index contributed by atoms with van der Waals surface area (Å²) < 4.78 is 13.9. The quantitative estimate of drug-likeness (QED) is 0.545. The lowest BCUT2D eigenvalue weighted by molar-refractivity contribution is 0.150. The number of benzene rings is 1. The number of rotatable bonds is 3. The van der Waals surface area contributed by atoms with E-state index in [1.54, 1.807) is 12.1 Å². The number of anilines is 2. The molecule has 34 heavy (non-hydrogen) atoms. The van der Waals surface area contributed by atoms with Crippen molar-refractivity contribution in [3.8, 4) is 17.0 Å². The van der Waals surface area contributed by atoms with Crippen molar-refractivity contribution in [1.82, 2.24) is 25.7 Å². The maximum atomic E-state index is 13.9. The molecule has 1 aromatic heterocycles. The molecule has 6 rings (SSSR count). The number of phenols is 1. The summed E-state index contributed by atoms with van der Waals surface area (Å²) in [5, 5.41) is 29.0. The van der Waals surface area contributed by atoms with Crippen molar-refractivity contribution in [2.45, 2.75) is 25.2 Å². The molecule has 0 spiro atoms. The summed E-state index contributed by atoms with van der Waals surface area (Å²) in [5.74, 6) is 0.231. The Hall–Kier alpha value is -3.24. The number of para-hydroxylation sites is 1. The fourth-order valence-electron chi connectivity index (χ4n) is 5.37. The number of nitrogens with one attached hydrogen (secondary N) is 3. The van der Waals surface area contributed by atoms with Crippen LogP contribution in [0.3, 0.4) is 0 Å². The first-order valence-corrected chi connectivity index (χ1v) is 12.0. The first kappa shape index (κ1) is 21.3. The number of hydrogen-bond donors (Lipinski definition) is 4. The highest BCUT2D eigenvalue weighted by atomic mass is 19.1. The second-order valence-corrected chi connectivity index (χ2v) is 9.31. The largest absolute Gasteiger partial charge is 0.504 e. The molecular weight excluding hydrogens is 435 g/mol. The fourth-order valence-corrected chi connectivity index (χ4v) is 5.37. The summed E-state index contributed by atoms with van der Waals surface area (Å²) in [6.07, 6.45) is 6.49. The molecule has 0 radical (unpaired) electrons. The highest BCUT2D eigenvalue weighted by Crippen LogP contribution is 2.37. The SMILES string of the molecule is Oc1c(F)cccc1-c1cc2c(nn1)NC[C@H]1CN(C3N=CC(C4CCNCC4)=CN3)CCN21. The molecule has 10 heteroatoms. The zero-order valence-electron chi connectivity index (χ0n) is 18.9. The molecule has 2 fully saturated rings. The van der Waals surface area contributed by atoms with E-state index < -0.39 is 11.6 Å². The van der Waals surface area contributed by atoms with Crippen LogP contribution in [0.25, 0.3) is 11.3 Å². The minimum atomic E-state index is -0.667. The number of aromatic nitrogens is 2. The van der Waals surface area contributed by atoms with Gasteiger partial charge in [-0.05, 0) is 55.6 Å². The van der Waals surface area contributed by atoms with Gasteiger partial charge in [-0.25, -0.2) is 4.39 Å². The lowest BCUT2D eigenvalue weighted by Crippen LogP contribution is -2.61. The van der Waals surface area contributed by atoms with Gasteiger partial charge >= 0.3 is 0 Å². The van der Waals surface area contributed by atoms with Gasteiger partial charge in [-0.3, -0.25) is 9.89 Å². The number of fused-ring (bicyclic) bond motifs is 3. The summed E-state index contributed by atoms with van der Waals surface area (Å²) in [4.78, 5) is 9.54. The van der Waals surface area contributed by atoms with Gasteiger partial charge in [0.1, 0.15) is 0 Å². The van der Waals surface area contributed by atoms with Gasteiger partial charge < -0.3 is 26.0 Å². The molecule has 0 bridgehead atoms. The van der Waals surface area contributed by atoms with Gasteiger partial charge in [-0.2, -0.15) is 0 Å². The van der Waals surface area contributed by atoms with E-state index in [4.69, 9.17) is 4.99 Å². The van der Waals surface area contributed by atoms with E-state index in [1.165, 1.54) is 11.6 Å². The highest BCUT2D eigenvalue weighted by molar-refractivity contribution is 5.80. The summed E-state index contributed by atoms with van der Waals surface area (Å²) in [5.41, 5.74) is 3.03. The molecule has 2 aromatic rings. The molecule has 4 aliphatic heterocycles. The van der Waals surface area contributed by atoms with Crippen LogP contribution in [0.4, 0.5) is 15.9 Å². The molecule has 1 unspecified atom stereocenters. The Bertz CT molecular complexity index is 1130.